The number of nitrogen functional groups attached to an aromatic ring is 1. The van der Waals surface area contributed by atoms with E-state index in [9.17, 15) is 18.5 Å². The number of non-ortho nitro benzene ring substituents is 1. The first-order chi connectivity index (χ1) is 9.82. The second-order valence-electron chi connectivity index (χ2n) is 4.32. The zero-order chi connectivity index (χ0) is 15.6. The van der Waals surface area contributed by atoms with E-state index in [1.165, 1.54) is 18.4 Å². The lowest BCUT2D eigenvalue weighted by atomic mass is 10.3. The monoisotopic (exact) mass is 327 g/mol. The summed E-state index contributed by atoms with van der Waals surface area (Å²) in [4.78, 5) is 10.8. The van der Waals surface area contributed by atoms with Gasteiger partial charge in [-0.05, 0) is 17.5 Å². The number of hydrogen-bond donors (Lipinski definition) is 1. The SMILES string of the molecule is CN(Cc1cccs1)S(=O)(=O)c1ccc([N+](=O)[O-])cc1N. The van der Waals surface area contributed by atoms with Gasteiger partial charge in [0.1, 0.15) is 4.90 Å². The lowest BCUT2D eigenvalue weighted by Gasteiger charge is -2.17. The van der Waals surface area contributed by atoms with Gasteiger partial charge in [0.25, 0.3) is 5.69 Å². The molecule has 0 radical (unpaired) electrons. The molecule has 0 atom stereocenters. The molecule has 0 aliphatic rings. The third-order valence-corrected chi connectivity index (χ3v) is 5.59. The van der Waals surface area contributed by atoms with Gasteiger partial charge in [-0.2, -0.15) is 4.31 Å². The van der Waals surface area contributed by atoms with Gasteiger partial charge in [0.05, 0.1) is 10.6 Å². The Morgan fingerprint density at radius 1 is 1.38 bits per heavy atom. The van der Waals surface area contributed by atoms with Crippen molar-refractivity contribution in [3.63, 3.8) is 0 Å². The Balaban J connectivity index is 2.33. The molecule has 2 rings (SSSR count). The highest BCUT2D eigenvalue weighted by atomic mass is 32.2. The molecule has 0 saturated carbocycles. The highest BCUT2D eigenvalue weighted by Crippen LogP contribution is 2.27. The van der Waals surface area contributed by atoms with Gasteiger partial charge in [-0.1, -0.05) is 6.07 Å². The molecule has 0 bridgehead atoms. The van der Waals surface area contributed by atoms with Crippen LogP contribution in [-0.2, 0) is 16.6 Å². The van der Waals surface area contributed by atoms with Crippen LogP contribution in [0.5, 0.6) is 0 Å². The zero-order valence-electron chi connectivity index (χ0n) is 11.1. The summed E-state index contributed by atoms with van der Waals surface area (Å²) in [5, 5.41) is 12.5. The van der Waals surface area contributed by atoms with Crippen LogP contribution < -0.4 is 5.73 Å². The summed E-state index contributed by atoms with van der Waals surface area (Å²) in [5.41, 5.74) is 5.27. The number of nitro benzene ring substituents is 1. The predicted molar refractivity (Wildman–Crippen MR) is 80.5 cm³/mol. The number of hydrogen-bond acceptors (Lipinski definition) is 6. The Labute approximate surface area is 125 Å². The molecule has 0 unspecified atom stereocenters. The molecule has 9 heteroatoms. The maximum Gasteiger partial charge on any atom is 0.271 e. The minimum absolute atomic E-state index is 0.132. The maximum absolute atomic E-state index is 12.4. The minimum atomic E-state index is -3.80. The molecule has 112 valence electrons. The number of rotatable bonds is 5. The Morgan fingerprint density at radius 2 is 2.10 bits per heavy atom. The van der Waals surface area contributed by atoms with Crippen molar-refractivity contribution in [1.82, 2.24) is 4.31 Å². The number of thiophene rings is 1. The highest BCUT2D eigenvalue weighted by molar-refractivity contribution is 7.89. The first kappa shape index (κ1) is 15.4. The normalized spacial score (nSPS) is 11.7. The van der Waals surface area contributed by atoms with Gasteiger partial charge in [-0.3, -0.25) is 10.1 Å². The largest absolute Gasteiger partial charge is 0.397 e. The molecule has 7 nitrogen and oxygen atoms in total. The maximum atomic E-state index is 12.4. The molecular weight excluding hydrogens is 314 g/mol. The molecule has 1 heterocycles. The van der Waals surface area contributed by atoms with Crippen LogP contribution in [0.2, 0.25) is 0 Å². The van der Waals surface area contributed by atoms with E-state index in [0.717, 1.165) is 27.4 Å². The van der Waals surface area contributed by atoms with Crippen LogP contribution >= 0.6 is 11.3 Å². The van der Waals surface area contributed by atoms with Gasteiger partial charge in [-0.25, -0.2) is 8.42 Å². The van der Waals surface area contributed by atoms with Crippen LogP contribution in [0.25, 0.3) is 0 Å². The molecular formula is C12H13N3O4S2. The third kappa shape index (κ3) is 3.20. The zero-order valence-corrected chi connectivity index (χ0v) is 12.7. The molecule has 1 aromatic heterocycles. The fraction of sp³-hybridized carbons (Fsp3) is 0.167. The molecule has 2 N–H and O–H groups in total. The standard InChI is InChI=1S/C12H13N3O4S2/c1-14(8-10-3-2-6-20-10)21(18,19)12-5-4-9(15(16)17)7-11(12)13/h2-7H,8,13H2,1H3. The van der Waals surface area contributed by atoms with E-state index >= 15 is 0 Å². The summed E-state index contributed by atoms with van der Waals surface area (Å²) in [6.07, 6.45) is 0. The Bertz CT molecular complexity index is 757. The molecule has 2 aromatic rings. The van der Waals surface area contributed by atoms with Crippen LogP contribution in [0.1, 0.15) is 4.88 Å². The molecule has 0 aliphatic carbocycles. The predicted octanol–water partition coefficient (Wildman–Crippen LogP) is 2.06. The van der Waals surface area contributed by atoms with Crippen LogP contribution in [0.4, 0.5) is 11.4 Å². The topological polar surface area (TPSA) is 107 Å². The summed E-state index contributed by atoms with van der Waals surface area (Å²) >= 11 is 1.45. The van der Waals surface area contributed by atoms with E-state index in [1.54, 1.807) is 0 Å². The first-order valence-electron chi connectivity index (χ1n) is 5.85. The first-order valence-corrected chi connectivity index (χ1v) is 8.17. The van der Waals surface area contributed by atoms with Gasteiger partial charge in [-0.15, -0.1) is 11.3 Å². The van der Waals surface area contributed by atoms with E-state index in [-0.39, 0.29) is 22.8 Å². The number of nitrogens with two attached hydrogens (primary N) is 1. The van der Waals surface area contributed by atoms with Gasteiger partial charge in [0.2, 0.25) is 10.0 Å². The summed E-state index contributed by atoms with van der Waals surface area (Å²) in [6, 6.07) is 7.00. The second-order valence-corrected chi connectivity index (χ2v) is 7.37. The molecule has 0 saturated heterocycles. The number of anilines is 1. The number of nitrogens with zero attached hydrogens (tertiary/aromatic N) is 2. The quantitative estimate of drug-likeness (QED) is 0.514. The summed E-state index contributed by atoms with van der Waals surface area (Å²) in [7, 11) is -2.36. The molecule has 0 fully saturated rings. The van der Waals surface area contributed by atoms with E-state index in [4.69, 9.17) is 5.73 Å². The average Bonchev–Trinajstić information content (AvgIpc) is 2.90. The highest BCUT2D eigenvalue weighted by Gasteiger charge is 2.25. The molecule has 0 spiro atoms. The van der Waals surface area contributed by atoms with Crippen molar-refractivity contribution >= 4 is 32.7 Å². The number of sulfonamides is 1. The molecule has 0 amide bonds. The number of benzene rings is 1. The van der Waals surface area contributed by atoms with Crippen LogP contribution in [-0.4, -0.2) is 24.7 Å². The van der Waals surface area contributed by atoms with Crippen molar-refractivity contribution in [2.45, 2.75) is 11.4 Å². The van der Waals surface area contributed by atoms with Crippen LogP contribution in [0.3, 0.4) is 0 Å². The van der Waals surface area contributed by atoms with Crippen molar-refractivity contribution in [2.24, 2.45) is 0 Å². The molecule has 0 aliphatic heterocycles. The summed E-state index contributed by atoms with van der Waals surface area (Å²) in [6.45, 7) is 0.219. The Kier molecular flexibility index (Phi) is 4.26. The summed E-state index contributed by atoms with van der Waals surface area (Å²) < 4.78 is 26.0. The third-order valence-electron chi connectivity index (χ3n) is 2.85. The van der Waals surface area contributed by atoms with E-state index in [1.807, 2.05) is 17.5 Å². The number of nitro groups is 1. The second kappa shape index (κ2) is 5.80. The van der Waals surface area contributed by atoms with Crippen molar-refractivity contribution in [3.8, 4) is 0 Å². The fourth-order valence-corrected chi connectivity index (χ4v) is 3.84. The minimum Gasteiger partial charge on any atom is -0.397 e. The van der Waals surface area contributed by atoms with E-state index in [2.05, 4.69) is 0 Å². The van der Waals surface area contributed by atoms with Crippen molar-refractivity contribution < 1.29 is 13.3 Å². The van der Waals surface area contributed by atoms with Gasteiger partial charge >= 0.3 is 0 Å². The smallest absolute Gasteiger partial charge is 0.271 e. The van der Waals surface area contributed by atoms with Crippen molar-refractivity contribution in [2.75, 3.05) is 12.8 Å². The van der Waals surface area contributed by atoms with Gasteiger partial charge in [0, 0.05) is 30.6 Å². The fourth-order valence-electron chi connectivity index (χ4n) is 1.76. The Hall–Kier alpha value is -1.97. The summed E-state index contributed by atoms with van der Waals surface area (Å²) in [5.74, 6) is 0. The molecule has 21 heavy (non-hydrogen) atoms. The van der Waals surface area contributed by atoms with Gasteiger partial charge < -0.3 is 5.73 Å². The van der Waals surface area contributed by atoms with E-state index < -0.39 is 14.9 Å². The van der Waals surface area contributed by atoms with Crippen LogP contribution in [0, 0.1) is 10.1 Å². The van der Waals surface area contributed by atoms with E-state index in [0.29, 0.717) is 0 Å². The lowest BCUT2D eigenvalue weighted by molar-refractivity contribution is -0.384. The lowest BCUT2D eigenvalue weighted by Crippen LogP contribution is -2.26. The molecule has 1 aromatic carbocycles. The average molecular weight is 327 g/mol. The van der Waals surface area contributed by atoms with Crippen LogP contribution in [0.15, 0.2) is 40.6 Å². The van der Waals surface area contributed by atoms with Gasteiger partial charge in [0.15, 0.2) is 0 Å². The van der Waals surface area contributed by atoms with Crippen molar-refractivity contribution in [1.29, 1.82) is 0 Å². The van der Waals surface area contributed by atoms with Crippen molar-refractivity contribution in [3.05, 3.63) is 50.7 Å². The Morgan fingerprint density at radius 3 is 2.62 bits per heavy atom.